The fourth-order valence-electron chi connectivity index (χ4n) is 1.81. The molecule has 0 aliphatic carbocycles. The van der Waals surface area contributed by atoms with Gasteiger partial charge in [-0.2, -0.15) is 0 Å². The van der Waals surface area contributed by atoms with Gasteiger partial charge in [-0.3, -0.25) is 0 Å². The van der Waals surface area contributed by atoms with E-state index in [0.717, 1.165) is 19.7 Å². The summed E-state index contributed by atoms with van der Waals surface area (Å²) in [5.74, 6) is 0.664. The van der Waals surface area contributed by atoms with Gasteiger partial charge in [-0.1, -0.05) is 26.8 Å². The molecule has 0 aromatic carbocycles. The maximum absolute atomic E-state index is 5.64. The molecule has 0 radical (unpaired) electrons. The first-order valence-electron chi connectivity index (χ1n) is 6.47. The average Bonchev–Trinajstić information content (AvgIpc) is 2.37. The number of aromatic nitrogens is 1. The van der Waals surface area contributed by atoms with E-state index in [1.165, 1.54) is 5.56 Å². The predicted octanol–water partition coefficient (Wildman–Crippen LogP) is 1.75. The van der Waals surface area contributed by atoms with Crippen molar-refractivity contribution in [1.82, 2.24) is 10.3 Å². The number of morpholine rings is 1. The number of hydrogen-bond acceptors (Lipinski definition) is 4. The Hall–Kier alpha value is -1.13. The molecule has 1 aliphatic heterocycles. The Labute approximate surface area is 109 Å². The van der Waals surface area contributed by atoms with Crippen molar-refractivity contribution in [3.8, 4) is 5.88 Å². The lowest BCUT2D eigenvalue weighted by atomic mass is 9.88. The Balaban J connectivity index is 1.86. The minimum Gasteiger partial charge on any atom is -0.475 e. The monoisotopic (exact) mass is 250 g/mol. The lowest BCUT2D eigenvalue weighted by Gasteiger charge is -2.23. The van der Waals surface area contributed by atoms with Crippen molar-refractivity contribution in [2.45, 2.75) is 32.3 Å². The van der Waals surface area contributed by atoms with E-state index < -0.39 is 0 Å². The number of rotatable bonds is 3. The molecule has 1 aliphatic rings. The molecule has 0 saturated carbocycles. The highest BCUT2D eigenvalue weighted by molar-refractivity contribution is 5.23. The van der Waals surface area contributed by atoms with Gasteiger partial charge in [-0.25, -0.2) is 4.98 Å². The topological polar surface area (TPSA) is 43.4 Å². The van der Waals surface area contributed by atoms with E-state index in [1.807, 2.05) is 12.3 Å². The second-order valence-electron chi connectivity index (χ2n) is 5.64. The molecule has 4 nitrogen and oxygen atoms in total. The summed E-state index contributed by atoms with van der Waals surface area (Å²) in [7, 11) is 0. The van der Waals surface area contributed by atoms with Crippen LogP contribution in [-0.2, 0) is 10.2 Å². The number of ether oxygens (including phenoxy) is 2. The van der Waals surface area contributed by atoms with Gasteiger partial charge in [0, 0.05) is 25.4 Å². The summed E-state index contributed by atoms with van der Waals surface area (Å²) >= 11 is 0. The first-order chi connectivity index (χ1) is 8.55. The van der Waals surface area contributed by atoms with Gasteiger partial charge in [-0.05, 0) is 11.0 Å². The van der Waals surface area contributed by atoms with Crippen LogP contribution in [-0.4, -0.2) is 37.4 Å². The maximum Gasteiger partial charge on any atom is 0.213 e. The number of nitrogens with one attached hydrogen (secondary N) is 1. The van der Waals surface area contributed by atoms with Gasteiger partial charge in [0.15, 0.2) is 0 Å². The molecule has 1 aromatic heterocycles. The summed E-state index contributed by atoms with van der Waals surface area (Å²) in [4.78, 5) is 4.33. The predicted molar refractivity (Wildman–Crippen MR) is 71.0 cm³/mol. The molecule has 0 bridgehead atoms. The van der Waals surface area contributed by atoms with Crippen LogP contribution in [0.15, 0.2) is 18.3 Å². The third kappa shape index (κ3) is 3.68. The van der Waals surface area contributed by atoms with Crippen LogP contribution in [0.2, 0.25) is 0 Å². The van der Waals surface area contributed by atoms with Crippen LogP contribution in [0, 0.1) is 0 Å². The maximum atomic E-state index is 5.64. The fraction of sp³-hybridized carbons (Fsp3) is 0.643. The Morgan fingerprint density at radius 2 is 2.28 bits per heavy atom. The largest absolute Gasteiger partial charge is 0.475 e. The molecular weight excluding hydrogens is 228 g/mol. The molecule has 1 saturated heterocycles. The minimum atomic E-state index is 0.127. The molecule has 0 amide bonds. The zero-order valence-electron chi connectivity index (χ0n) is 11.4. The van der Waals surface area contributed by atoms with Gasteiger partial charge in [-0.15, -0.1) is 0 Å². The third-order valence-corrected chi connectivity index (χ3v) is 3.02. The van der Waals surface area contributed by atoms with E-state index >= 15 is 0 Å². The van der Waals surface area contributed by atoms with Crippen molar-refractivity contribution in [1.29, 1.82) is 0 Å². The van der Waals surface area contributed by atoms with Crippen LogP contribution in [0.4, 0.5) is 0 Å². The first kappa shape index (κ1) is 13.3. The lowest BCUT2D eigenvalue weighted by molar-refractivity contribution is -0.000751. The van der Waals surface area contributed by atoms with Gasteiger partial charge >= 0.3 is 0 Å². The quantitative estimate of drug-likeness (QED) is 0.887. The Kier molecular flexibility index (Phi) is 4.19. The molecule has 18 heavy (non-hydrogen) atoms. The zero-order valence-corrected chi connectivity index (χ0v) is 11.4. The summed E-state index contributed by atoms with van der Waals surface area (Å²) in [6.07, 6.45) is 2.01. The number of nitrogens with zero attached hydrogens (tertiary/aromatic N) is 1. The Morgan fingerprint density at radius 1 is 1.44 bits per heavy atom. The van der Waals surface area contributed by atoms with E-state index in [4.69, 9.17) is 9.47 Å². The van der Waals surface area contributed by atoms with Crippen molar-refractivity contribution >= 4 is 0 Å². The highest BCUT2D eigenvalue weighted by Crippen LogP contribution is 2.22. The van der Waals surface area contributed by atoms with E-state index in [9.17, 15) is 0 Å². The van der Waals surface area contributed by atoms with Gasteiger partial charge in [0.2, 0.25) is 5.88 Å². The van der Waals surface area contributed by atoms with Crippen molar-refractivity contribution < 1.29 is 9.47 Å². The molecule has 1 aromatic rings. The van der Waals surface area contributed by atoms with Gasteiger partial charge < -0.3 is 14.8 Å². The highest BCUT2D eigenvalue weighted by atomic mass is 16.5. The second kappa shape index (κ2) is 5.67. The molecular formula is C14H22N2O2. The van der Waals surface area contributed by atoms with Crippen molar-refractivity contribution in [3.05, 3.63) is 23.9 Å². The van der Waals surface area contributed by atoms with Crippen molar-refractivity contribution in [2.75, 3.05) is 26.3 Å². The zero-order chi connectivity index (χ0) is 13.0. The molecule has 2 rings (SSSR count). The Bertz CT molecular complexity index is 364. The van der Waals surface area contributed by atoms with Crippen molar-refractivity contribution in [3.63, 3.8) is 0 Å². The molecule has 100 valence electrons. The summed E-state index contributed by atoms with van der Waals surface area (Å²) in [5, 5.41) is 3.27. The molecule has 1 N–H and O–H groups in total. The molecule has 1 atom stereocenters. The van der Waals surface area contributed by atoms with Crippen LogP contribution in [0.25, 0.3) is 0 Å². The molecule has 0 spiro atoms. The lowest BCUT2D eigenvalue weighted by Crippen LogP contribution is -2.41. The number of hydrogen-bond donors (Lipinski definition) is 1. The normalized spacial score (nSPS) is 20.7. The second-order valence-corrected chi connectivity index (χ2v) is 5.64. The first-order valence-corrected chi connectivity index (χ1v) is 6.47. The average molecular weight is 250 g/mol. The molecule has 4 heteroatoms. The Morgan fingerprint density at radius 3 is 2.83 bits per heavy atom. The third-order valence-electron chi connectivity index (χ3n) is 3.02. The van der Waals surface area contributed by atoms with Crippen LogP contribution >= 0.6 is 0 Å². The van der Waals surface area contributed by atoms with Crippen LogP contribution in [0.1, 0.15) is 26.3 Å². The fourth-order valence-corrected chi connectivity index (χ4v) is 1.81. The van der Waals surface area contributed by atoms with Gasteiger partial charge in [0.25, 0.3) is 0 Å². The standard InChI is InChI=1S/C14H22N2O2/c1-14(2,3)11-4-5-13(16-8-11)18-10-12-9-15-6-7-17-12/h4-5,8,12,15H,6-7,9-10H2,1-3H3. The van der Waals surface area contributed by atoms with E-state index in [1.54, 1.807) is 0 Å². The van der Waals surface area contributed by atoms with Crippen molar-refractivity contribution in [2.24, 2.45) is 0 Å². The van der Waals surface area contributed by atoms with Gasteiger partial charge in [0.1, 0.15) is 12.7 Å². The smallest absolute Gasteiger partial charge is 0.213 e. The summed E-state index contributed by atoms with van der Waals surface area (Å²) in [5.41, 5.74) is 1.34. The summed E-state index contributed by atoms with van der Waals surface area (Å²) in [6.45, 7) is 9.60. The SMILES string of the molecule is CC(C)(C)c1ccc(OCC2CNCCO2)nc1. The van der Waals surface area contributed by atoms with E-state index in [0.29, 0.717) is 12.5 Å². The van der Waals surface area contributed by atoms with E-state index in [-0.39, 0.29) is 11.5 Å². The molecule has 1 fully saturated rings. The molecule has 1 unspecified atom stereocenters. The van der Waals surface area contributed by atoms with Crippen LogP contribution in [0.5, 0.6) is 5.88 Å². The highest BCUT2D eigenvalue weighted by Gasteiger charge is 2.16. The molecule has 2 heterocycles. The number of pyridine rings is 1. The van der Waals surface area contributed by atoms with E-state index in [2.05, 4.69) is 37.1 Å². The van der Waals surface area contributed by atoms with Crippen LogP contribution < -0.4 is 10.1 Å². The van der Waals surface area contributed by atoms with Gasteiger partial charge in [0.05, 0.1) is 6.61 Å². The summed E-state index contributed by atoms with van der Waals surface area (Å²) < 4.78 is 11.2. The summed E-state index contributed by atoms with van der Waals surface area (Å²) in [6, 6.07) is 4.00. The minimum absolute atomic E-state index is 0.127. The van der Waals surface area contributed by atoms with Crippen LogP contribution in [0.3, 0.4) is 0 Å².